The quantitative estimate of drug-likeness (QED) is 0.945. The molecule has 5 nitrogen and oxygen atoms in total. The molecule has 5 heteroatoms. The number of hydrogen-bond donors (Lipinski definition) is 1. The van der Waals surface area contributed by atoms with Gasteiger partial charge in [0.25, 0.3) is 0 Å². The van der Waals surface area contributed by atoms with Crippen molar-refractivity contribution >= 4 is 11.0 Å². The number of benzene rings is 1. The van der Waals surface area contributed by atoms with Gasteiger partial charge in [0.1, 0.15) is 0 Å². The van der Waals surface area contributed by atoms with Crippen LogP contribution < -0.4 is 5.69 Å². The summed E-state index contributed by atoms with van der Waals surface area (Å²) in [7, 11) is 0. The molecule has 0 radical (unpaired) electrons. The zero-order valence-corrected chi connectivity index (χ0v) is 12.8. The van der Waals surface area contributed by atoms with Crippen LogP contribution in [0, 0.1) is 0 Å². The molecule has 4 rings (SSSR count). The minimum absolute atomic E-state index is 0.0266. The topological polar surface area (TPSA) is 50.3 Å². The maximum Gasteiger partial charge on any atom is 0.326 e. The highest BCUT2D eigenvalue weighted by Gasteiger charge is 2.26. The van der Waals surface area contributed by atoms with Gasteiger partial charge in [-0.25, -0.2) is 4.79 Å². The summed E-state index contributed by atoms with van der Waals surface area (Å²) in [6, 6.07) is 8.28. The molecule has 2 saturated heterocycles. The van der Waals surface area contributed by atoms with Crippen molar-refractivity contribution in [2.45, 2.75) is 37.8 Å². The van der Waals surface area contributed by atoms with Crippen molar-refractivity contribution in [1.29, 1.82) is 0 Å². The third kappa shape index (κ3) is 2.59. The lowest BCUT2D eigenvalue weighted by Gasteiger charge is -2.33. The van der Waals surface area contributed by atoms with E-state index in [0.29, 0.717) is 12.1 Å². The van der Waals surface area contributed by atoms with E-state index in [1.165, 1.54) is 12.8 Å². The molecule has 1 N–H and O–H groups in total. The van der Waals surface area contributed by atoms with Crippen molar-refractivity contribution in [3.8, 4) is 0 Å². The number of imidazole rings is 1. The maximum atomic E-state index is 12.3. The van der Waals surface area contributed by atoms with Crippen molar-refractivity contribution in [3.05, 3.63) is 34.7 Å². The minimum atomic E-state index is 0.0266. The Kier molecular flexibility index (Phi) is 3.76. The average molecular weight is 301 g/mol. The average Bonchev–Trinajstić information content (AvgIpc) is 3.15. The summed E-state index contributed by atoms with van der Waals surface area (Å²) in [6.07, 6.45) is 4.89. The van der Waals surface area contributed by atoms with Crippen molar-refractivity contribution < 1.29 is 4.74 Å². The lowest BCUT2D eigenvalue weighted by Crippen LogP contribution is -2.40. The van der Waals surface area contributed by atoms with E-state index in [9.17, 15) is 4.79 Å². The van der Waals surface area contributed by atoms with E-state index in [2.05, 4.69) is 9.88 Å². The van der Waals surface area contributed by atoms with Crippen LogP contribution in [-0.2, 0) is 4.74 Å². The van der Waals surface area contributed by atoms with Gasteiger partial charge in [-0.3, -0.25) is 4.57 Å². The van der Waals surface area contributed by atoms with Crippen LogP contribution in [0.3, 0.4) is 0 Å². The number of rotatable bonds is 3. The second-order valence-corrected chi connectivity index (χ2v) is 6.48. The SMILES string of the molecule is O=c1[nH]c2ccccc2n1C1CCN(CC2CCCO2)CC1. The monoisotopic (exact) mass is 301 g/mol. The summed E-state index contributed by atoms with van der Waals surface area (Å²) in [4.78, 5) is 17.7. The largest absolute Gasteiger partial charge is 0.377 e. The van der Waals surface area contributed by atoms with Gasteiger partial charge in [-0.15, -0.1) is 0 Å². The third-order valence-electron chi connectivity index (χ3n) is 5.03. The molecule has 2 aliphatic heterocycles. The molecule has 0 aliphatic carbocycles. The van der Waals surface area contributed by atoms with E-state index in [-0.39, 0.29) is 5.69 Å². The van der Waals surface area contributed by atoms with Crippen LogP contribution in [0.15, 0.2) is 29.1 Å². The predicted molar refractivity (Wildman–Crippen MR) is 86.2 cm³/mol. The zero-order valence-electron chi connectivity index (χ0n) is 12.8. The van der Waals surface area contributed by atoms with Crippen LogP contribution in [0.2, 0.25) is 0 Å². The second kappa shape index (κ2) is 5.89. The van der Waals surface area contributed by atoms with Crippen molar-refractivity contribution in [2.24, 2.45) is 0 Å². The fourth-order valence-electron chi connectivity index (χ4n) is 3.87. The number of aromatic amines is 1. The molecule has 0 saturated carbocycles. The molecule has 118 valence electrons. The Hall–Kier alpha value is -1.59. The summed E-state index contributed by atoms with van der Waals surface area (Å²) < 4.78 is 7.69. The Morgan fingerprint density at radius 2 is 2.00 bits per heavy atom. The standard InChI is InChI=1S/C17H23N3O2/c21-17-18-15-5-1-2-6-16(15)20(17)13-7-9-19(10-8-13)12-14-4-3-11-22-14/h1-2,5-6,13-14H,3-4,7-12H2,(H,18,21). The van der Waals surface area contributed by atoms with Gasteiger partial charge >= 0.3 is 5.69 Å². The number of nitrogens with zero attached hydrogens (tertiary/aromatic N) is 2. The van der Waals surface area contributed by atoms with E-state index in [4.69, 9.17) is 4.74 Å². The summed E-state index contributed by atoms with van der Waals surface area (Å²) in [5.74, 6) is 0. The molecule has 22 heavy (non-hydrogen) atoms. The number of hydrogen-bond acceptors (Lipinski definition) is 3. The number of likely N-dealkylation sites (tertiary alicyclic amines) is 1. The fraction of sp³-hybridized carbons (Fsp3) is 0.588. The van der Waals surface area contributed by atoms with Crippen molar-refractivity contribution in [3.63, 3.8) is 0 Å². The van der Waals surface area contributed by atoms with Gasteiger partial charge in [-0.1, -0.05) is 12.1 Å². The molecule has 1 aromatic carbocycles. The lowest BCUT2D eigenvalue weighted by molar-refractivity contribution is 0.0607. The molecule has 2 aliphatic rings. The Morgan fingerprint density at radius 1 is 1.18 bits per heavy atom. The highest BCUT2D eigenvalue weighted by Crippen LogP contribution is 2.25. The van der Waals surface area contributed by atoms with Gasteiger partial charge in [-0.2, -0.15) is 0 Å². The first-order valence-corrected chi connectivity index (χ1v) is 8.34. The van der Waals surface area contributed by atoms with Crippen LogP contribution >= 0.6 is 0 Å². The lowest BCUT2D eigenvalue weighted by atomic mass is 10.0. The van der Waals surface area contributed by atoms with Crippen molar-refractivity contribution in [1.82, 2.24) is 14.5 Å². The van der Waals surface area contributed by atoms with Crippen LogP contribution in [0.5, 0.6) is 0 Å². The molecule has 0 amide bonds. The summed E-state index contributed by atoms with van der Waals surface area (Å²) in [5, 5.41) is 0. The highest BCUT2D eigenvalue weighted by atomic mass is 16.5. The molecular formula is C17H23N3O2. The number of nitrogens with one attached hydrogen (secondary N) is 1. The van der Waals surface area contributed by atoms with E-state index < -0.39 is 0 Å². The number of H-pyrrole nitrogens is 1. The number of fused-ring (bicyclic) bond motifs is 1. The third-order valence-corrected chi connectivity index (χ3v) is 5.03. The second-order valence-electron chi connectivity index (χ2n) is 6.48. The normalized spacial score (nSPS) is 24.3. The van der Waals surface area contributed by atoms with Gasteiger partial charge in [0, 0.05) is 32.3 Å². The number of ether oxygens (including phenoxy) is 1. The van der Waals surface area contributed by atoms with Gasteiger partial charge in [0.15, 0.2) is 0 Å². The van der Waals surface area contributed by atoms with E-state index >= 15 is 0 Å². The Balaban J connectivity index is 1.46. The molecule has 1 aromatic heterocycles. The van der Waals surface area contributed by atoms with Crippen molar-refractivity contribution in [2.75, 3.05) is 26.2 Å². The van der Waals surface area contributed by atoms with Crippen LogP contribution in [0.1, 0.15) is 31.7 Å². The first-order valence-electron chi connectivity index (χ1n) is 8.34. The molecule has 0 spiro atoms. The summed E-state index contributed by atoms with van der Waals surface area (Å²) in [5.41, 5.74) is 2.00. The van der Waals surface area contributed by atoms with E-state index in [1.807, 2.05) is 28.8 Å². The Labute approximate surface area is 129 Å². The Morgan fingerprint density at radius 3 is 2.77 bits per heavy atom. The molecule has 2 fully saturated rings. The molecule has 1 atom stereocenters. The number of piperidine rings is 1. The number of para-hydroxylation sites is 2. The molecular weight excluding hydrogens is 278 g/mol. The fourth-order valence-corrected chi connectivity index (χ4v) is 3.87. The van der Waals surface area contributed by atoms with Gasteiger partial charge in [0.05, 0.1) is 17.1 Å². The molecule has 2 aromatic rings. The predicted octanol–water partition coefficient (Wildman–Crippen LogP) is 2.15. The zero-order chi connectivity index (χ0) is 14.9. The first kappa shape index (κ1) is 14.0. The van der Waals surface area contributed by atoms with Crippen LogP contribution in [-0.4, -0.2) is 46.8 Å². The first-order chi connectivity index (χ1) is 10.8. The van der Waals surface area contributed by atoms with Crippen LogP contribution in [0.4, 0.5) is 0 Å². The minimum Gasteiger partial charge on any atom is -0.377 e. The molecule has 1 unspecified atom stereocenters. The summed E-state index contributed by atoms with van der Waals surface area (Å²) in [6.45, 7) is 4.08. The smallest absolute Gasteiger partial charge is 0.326 e. The van der Waals surface area contributed by atoms with E-state index in [0.717, 1.165) is 50.1 Å². The van der Waals surface area contributed by atoms with Gasteiger partial charge in [0.2, 0.25) is 0 Å². The molecule has 3 heterocycles. The van der Waals surface area contributed by atoms with Gasteiger partial charge < -0.3 is 14.6 Å². The Bertz CT molecular complexity index is 691. The number of aromatic nitrogens is 2. The highest BCUT2D eigenvalue weighted by molar-refractivity contribution is 5.75. The van der Waals surface area contributed by atoms with Gasteiger partial charge in [-0.05, 0) is 37.8 Å². The van der Waals surface area contributed by atoms with E-state index in [1.54, 1.807) is 0 Å². The summed E-state index contributed by atoms with van der Waals surface area (Å²) >= 11 is 0. The maximum absolute atomic E-state index is 12.3. The molecule has 0 bridgehead atoms. The van der Waals surface area contributed by atoms with Crippen LogP contribution in [0.25, 0.3) is 11.0 Å².